The molecule has 0 spiro atoms. The largest absolute Gasteiger partial charge is 0.507 e. The van der Waals surface area contributed by atoms with Gasteiger partial charge in [-0.3, -0.25) is 9.55 Å². The molecule has 0 bridgehead atoms. The zero-order chi connectivity index (χ0) is 55.3. The predicted octanol–water partition coefficient (Wildman–Crippen LogP) is 14.7. The second-order valence-electron chi connectivity index (χ2n) is 16.5. The first-order valence-corrected chi connectivity index (χ1v) is 19.6. The Balaban J connectivity index is 1.42. The molecule has 6 aromatic carbocycles. The number of hydrogen-bond donors (Lipinski definition) is 1. The fourth-order valence-electron chi connectivity index (χ4n) is 7.18. The minimum absolute atomic E-state index is 0.00839. The van der Waals surface area contributed by atoms with E-state index >= 15 is 0 Å². The average molecular weight is 790 g/mol. The summed E-state index contributed by atoms with van der Waals surface area (Å²) in [6.07, 6.45) is 0.170. The van der Waals surface area contributed by atoms with Crippen molar-refractivity contribution in [1.82, 2.24) is 14.5 Å². The number of fused-ring (bicyclic) bond motifs is 1. The third kappa shape index (κ3) is 7.72. The molecule has 1 N–H and O–H groups in total. The van der Waals surface area contributed by atoms with Crippen molar-refractivity contribution in [3.63, 3.8) is 0 Å². The first kappa shape index (κ1) is 24.6. The number of aromatic hydroxyl groups is 1. The summed E-state index contributed by atoms with van der Waals surface area (Å²) in [7, 11) is 0. The number of phenols is 1. The van der Waals surface area contributed by atoms with Crippen LogP contribution in [0.25, 0.3) is 72.7 Å². The minimum Gasteiger partial charge on any atom is -0.507 e. The minimum atomic E-state index is -3.92. The Labute approximate surface area is 372 Å². The van der Waals surface area contributed by atoms with Gasteiger partial charge >= 0.3 is 0 Å². The molecule has 0 fully saturated rings. The van der Waals surface area contributed by atoms with Gasteiger partial charge in [-0.1, -0.05) is 153 Å². The number of benzene rings is 6. The van der Waals surface area contributed by atoms with E-state index in [1.807, 2.05) is 73.9 Å². The number of hydrogen-bond acceptors (Lipinski definition) is 3. The second kappa shape index (κ2) is 15.2. The molecule has 0 aliphatic heterocycles. The Morgan fingerprint density at radius 2 is 1.32 bits per heavy atom. The van der Waals surface area contributed by atoms with Crippen LogP contribution in [-0.4, -0.2) is 19.6 Å². The molecular weight excluding hydrogens is 719 g/mol. The van der Waals surface area contributed by atoms with Crippen molar-refractivity contribution in [2.24, 2.45) is 0 Å². The van der Waals surface area contributed by atoms with E-state index in [0.717, 1.165) is 34.4 Å². The van der Waals surface area contributed by atoms with E-state index in [2.05, 4.69) is 56.1 Å². The highest BCUT2D eigenvalue weighted by atomic mass is 16.3. The van der Waals surface area contributed by atoms with Gasteiger partial charge in [0.25, 0.3) is 0 Å². The van der Waals surface area contributed by atoms with Gasteiger partial charge in [-0.05, 0) is 116 Å². The van der Waals surface area contributed by atoms with Crippen molar-refractivity contribution in [3.05, 3.63) is 168 Å². The van der Waals surface area contributed by atoms with E-state index in [1.165, 1.54) is 0 Å². The Hall–Kier alpha value is -6.26. The van der Waals surface area contributed by atoms with Crippen LogP contribution in [0.5, 0.6) is 5.75 Å². The molecule has 4 heteroatoms. The molecule has 59 heavy (non-hydrogen) atoms. The quantitative estimate of drug-likeness (QED) is 0.167. The monoisotopic (exact) mass is 790 g/mol. The van der Waals surface area contributed by atoms with Crippen molar-refractivity contribution in [1.29, 1.82) is 0 Å². The molecule has 0 radical (unpaired) electrons. The summed E-state index contributed by atoms with van der Waals surface area (Å²) in [5.41, 5.74) is 0.201. The topological polar surface area (TPSA) is 50.9 Å². The number of aromatic nitrogens is 3. The molecule has 8 aromatic rings. The summed E-state index contributed by atoms with van der Waals surface area (Å²) in [6.45, 7) is 0.737. The molecule has 0 saturated carbocycles. The number of imidazole rings is 1. The molecule has 0 unspecified atom stereocenters. The van der Waals surface area contributed by atoms with Gasteiger partial charge in [0.1, 0.15) is 11.6 Å². The second-order valence-corrected chi connectivity index (χ2v) is 16.5. The Morgan fingerprint density at radius 1 is 0.610 bits per heavy atom. The van der Waals surface area contributed by atoms with Crippen LogP contribution >= 0.6 is 0 Å². The van der Waals surface area contributed by atoms with Gasteiger partial charge in [-0.15, -0.1) is 0 Å². The number of pyridine rings is 1. The van der Waals surface area contributed by atoms with Gasteiger partial charge in [0.2, 0.25) is 0 Å². The predicted molar refractivity (Wildman–Crippen MR) is 248 cm³/mol. The maximum Gasteiger partial charge on any atom is 0.149 e. The van der Waals surface area contributed by atoms with Crippen LogP contribution < -0.4 is 0 Å². The summed E-state index contributed by atoms with van der Waals surface area (Å²) in [5, 5.41) is 11.5. The Bertz CT molecular complexity index is 3490. The fourth-order valence-corrected chi connectivity index (χ4v) is 7.18. The highest BCUT2D eigenvalue weighted by molar-refractivity contribution is 5.97. The SMILES string of the molecule is [2H]c1nc(-c2cc(-c3cccc4c3nc(-c3ccccc3O)n4-c3ccc(C(C)(C)CC)cc3-c3ccccc3)cc(C(C)(C)C)c2)c([2H])c(-c2c([2H])c([2H])c(C(C([2H])([2H])[2H])(C([2H])([2H])[2H])C([2H])([2H])[2H])c([2H])c2[2H])c1[2H]. The summed E-state index contributed by atoms with van der Waals surface area (Å²) < 4.78 is 140. The third-order valence-corrected chi connectivity index (χ3v) is 11.0. The maximum atomic E-state index is 11.5. The molecule has 2 aromatic heterocycles. The normalized spacial score (nSPS) is 16.8. The van der Waals surface area contributed by atoms with E-state index < -0.39 is 90.5 Å². The lowest BCUT2D eigenvalue weighted by molar-refractivity contribution is 0.477. The molecule has 0 aliphatic carbocycles. The standard InChI is InChI=1S/C55H55N3O/c1-10-55(8,9)42-27-28-48(46(35-42)37-17-12-11-13-18-37)58-49-21-16-20-44(51(49)57-52(58)45-19-14-15-22-50(45)59)39-31-40(33-43(32-39)54(5,6)7)47-34-38(29-30-56-47)36-23-25-41(26-24-36)53(2,3)4/h11-35,59H,10H2,1-9H3/i2D3,3D3,4D3,23D,24D,25D,26D,29D,30D,34D. The van der Waals surface area contributed by atoms with E-state index in [1.54, 1.807) is 30.3 Å². The summed E-state index contributed by atoms with van der Waals surface area (Å²) >= 11 is 0. The van der Waals surface area contributed by atoms with Crippen LogP contribution in [0, 0.1) is 0 Å². The zero-order valence-corrected chi connectivity index (χ0v) is 33.9. The van der Waals surface area contributed by atoms with Gasteiger partial charge < -0.3 is 5.11 Å². The van der Waals surface area contributed by atoms with Crippen LogP contribution in [0.2, 0.25) is 0 Å². The van der Waals surface area contributed by atoms with Crippen LogP contribution in [0.4, 0.5) is 0 Å². The van der Waals surface area contributed by atoms with Gasteiger partial charge in [-0.25, -0.2) is 4.98 Å². The van der Waals surface area contributed by atoms with Gasteiger partial charge in [0.05, 0.1) is 37.6 Å². The van der Waals surface area contributed by atoms with Crippen LogP contribution in [0.3, 0.4) is 0 Å². The number of para-hydroxylation sites is 2. The Kier molecular flexibility index (Phi) is 6.32. The van der Waals surface area contributed by atoms with Crippen molar-refractivity contribution < 1.29 is 27.0 Å². The molecular formula is C55H55N3O. The van der Waals surface area contributed by atoms with Crippen molar-refractivity contribution in [2.75, 3.05) is 0 Å². The third-order valence-electron chi connectivity index (χ3n) is 11.0. The lowest BCUT2D eigenvalue weighted by Gasteiger charge is -2.25. The summed E-state index contributed by atoms with van der Waals surface area (Å²) in [5.74, 6) is 0.459. The van der Waals surface area contributed by atoms with Crippen molar-refractivity contribution in [2.45, 2.75) is 84.8 Å². The van der Waals surface area contributed by atoms with E-state index in [4.69, 9.17) is 25.5 Å². The molecule has 296 valence electrons. The van der Waals surface area contributed by atoms with Crippen molar-refractivity contribution in [3.8, 4) is 67.5 Å². The van der Waals surface area contributed by atoms with Crippen molar-refractivity contribution >= 4 is 11.0 Å². The molecule has 0 atom stereocenters. The molecule has 8 rings (SSSR count). The lowest BCUT2D eigenvalue weighted by Crippen LogP contribution is -2.16. The van der Waals surface area contributed by atoms with E-state index in [9.17, 15) is 6.48 Å². The Morgan fingerprint density at radius 3 is 2.03 bits per heavy atom. The summed E-state index contributed by atoms with van der Waals surface area (Å²) in [4.78, 5) is 9.72. The molecule has 0 amide bonds. The van der Waals surface area contributed by atoms with E-state index in [0.29, 0.717) is 33.5 Å². The molecule has 0 saturated heterocycles. The van der Waals surface area contributed by atoms with Gasteiger partial charge in [0, 0.05) is 35.2 Å². The summed E-state index contributed by atoms with van der Waals surface area (Å²) in [6, 6.07) is 28.3. The van der Waals surface area contributed by atoms with Crippen LogP contribution in [0.15, 0.2) is 152 Å². The highest BCUT2D eigenvalue weighted by Crippen LogP contribution is 2.43. The first-order chi connectivity index (χ1) is 34.8. The van der Waals surface area contributed by atoms with E-state index in [-0.39, 0.29) is 22.4 Å². The zero-order valence-electron chi connectivity index (χ0n) is 49.9. The van der Waals surface area contributed by atoms with Gasteiger partial charge in [-0.2, -0.15) is 0 Å². The molecule has 2 heterocycles. The molecule has 4 nitrogen and oxygen atoms in total. The number of rotatable bonds is 8. The van der Waals surface area contributed by atoms with Gasteiger partial charge in [0.15, 0.2) is 0 Å². The fraction of sp³-hybridized carbons (Fsp3) is 0.236. The highest BCUT2D eigenvalue weighted by Gasteiger charge is 2.26. The number of phenolic OH excluding ortho intramolecular Hbond substituents is 1. The first-order valence-electron chi connectivity index (χ1n) is 27.6. The number of nitrogens with zero attached hydrogens (tertiary/aromatic N) is 3. The average Bonchev–Trinajstić information content (AvgIpc) is 3.72. The molecule has 0 aliphatic rings. The maximum absolute atomic E-state index is 11.5. The lowest BCUT2D eigenvalue weighted by atomic mass is 9.81. The smallest absolute Gasteiger partial charge is 0.149 e. The van der Waals surface area contributed by atoms with Crippen LogP contribution in [0.1, 0.15) is 107 Å². The van der Waals surface area contributed by atoms with Crippen LogP contribution in [-0.2, 0) is 16.2 Å².